The van der Waals surface area contributed by atoms with E-state index >= 15 is 0 Å². The minimum Gasteiger partial charge on any atom is -0.398 e. The third-order valence-electron chi connectivity index (χ3n) is 3.54. The van der Waals surface area contributed by atoms with Gasteiger partial charge in [0.05, 0.1) is 0 Å². The molecular weight excluding hydrogens is 218 g/mol. The molecule has 0 unspecified atom stereocenters. The van der Waals surface area contributed by atoms with Gasteiger partial charge in [0, 0.05) is 11.1 Å². The number of nitrogen functional groups attached to an aromatic ring is 1. The van der Waals surface area contributed by atoms with Crippen molar-refractivity contribution in [3.8, 4) is 0 Å². The maximum atomic E-state index is 6.08. The molecule has 2 N–H and O–H groups in total. The van der Waals surface area contributed by atoms with E-state index in [4.69, 9.17) is 5.73 Å². The van der Waals surface area contributed by atoms with Gasteiger partial charge in [-0.2, -0.15) is 0 Å². The molecule has 0 saturated carbocycles. The SMILES string of the molecule is C=Cc1ccc2c(N)ccc3cc/c(=C/C)c1c32. The number of hydrogen-bond donors (Lipinski definition) is 1. The average molecular weight is 233 g/mol. The molecule has 0 aliphatic rings. The molecule has 0 aliphatic carbocycles. The van der Waals surface area contributed by atoms with E-state index in [-0.39, 0.29) is 0 Å². The maximum Gasteiger partial charge on any atom is 0.0394 e. The molecule has 1 nitrogen and oxygen atoms in total. The number of hydrogen-bond acceptors (Lipinski definition) is 1. The summed E-state index contributed by atoms with van der Waals surface area (Å²) in [6.07, 6.45) is 4.04. The zero-order valence-electron chi connectivity index (χ0n) is 10.4. The second-order valence-electron chi connectivity index (χ2n) is 4.48. The molecule has 88 valence electrons. The highest BCUT2D eigenvalue weighted by molar-refractivity contribution is 6.16. The second-order valence-corrected chi connectivity index (χ2v) is 4.48. The zero-order chi connectivity index (χ0) is 12.7. The van der Waals surface area contributed by atoms with Gasteiger partial charge in [-0.3, -0.25) is 0 Å². The van der Waals surface area contributed by atoms with E-state index in [1.54, 1.807) is 0 Å². The molecule has 3 aromatic carbocycles. The van der Waals surface area contributed by atoms with Crippen LogP contribution in [-0.4, -0.2) is 0 Å². The lowest BCUT2D eigenvalue weighted by Crippen LogP contribution is -2.03. The van der Waals surface area contributed by atoms with Crippen LogP contribution in [0.2, 0.25) is 0 Å². The Hall–Kier alpha value is -2.28. The summed E-state index contributed by atoms with van der Waals surface area (Å²) in [5, 5.41) is 6.06. The first-order chi connectivity index (χ1) is 8.76. The fraction of sp³-hybridized carbons (Fsp3) is 0.0588. The minimum absolute atomic E-state index is 0.830. The van der Waals surface area contributed by atoms with Gasteiger partial charge >= 0.3 is 0 Å². The largest absolute Gasteiger partial charge is 0.398 e. The predicted octanol–water partition coefficient (Wildman–Crippen LogP) is 3.74. The van der Waals surface area contributed by atoms with Crippen LogP contribution < -0.4 is 11.0 Å². The summed E-state index contributed by atoms with van der Waals surface area (Å²) in [6, 6.07) is 12.5. The van der Waals surface area contributed by atoms with Crippen LogP contribution in [0, 0.1) is 0 Å². The lowest BCUT2D eigenvalue weighted by molar-refractivity contribution is 1.66. The van der Waals surface area contributed by atoms with Gasteiger partial charge in [-0.25, -0.2) is 0 Å². The van der Waals surface area contributed by atoms with Crippen molar-refractivity contribution < 1.29 is 0 Å². The van der Waals surface area contributed by atoms with Crippen molar-refractivity contribution in [2.75, 3.05) is 5.73 Å². The average Bonchev–Trinajstić information content (AvgIpc) is 2.42. The summed E-state index contributed by atoms with van der Waals surface area (Å²) >= 11 is 0. The highest BCUT2D eigenvalue weighted by Gasteiger charge is 2.08. The van der Waals surface area contributed by atoms with Gasteiger partial charge < -0.3 is 5.73 Å². The first-order valence-corrected chi connectivity index (χ1v) is 6.08. The molecule has 0 aliphatic heterocycles. The van der Waals surface area contributed by atoms with E-state index in [1.807, 2.05) is 12.1 Å². The van der Waals surface area contributed by atoms with Gasteiger partial charge in [-0.15, -0.1) is 0 Å². The van der Waals surface area contributed by atoms with Crippen molar-refractivity contribution in [1.29, 1.82) is 0 Å². The number of benzene rings is 3. The molecule has 0 aromatic heterocycles. The van der Waals surface area contributed by atoms with E-state index < -0.39 is 0 Å². The Morgan fingerprint density at radius 3 is 2.50 bits per heavy atom. The summed E-state index contributed by atoms with van der Waals surface area (Å²) in [4.78, 5) is 0. The number of anilines is 1. The van der Waals surface area contributed by atoms with E-state index in [9.17, 15) is 0 Å². The quantitative estimate of drug-likeness (QED) is 0.637. The zero-order valence-corrected chi connectivity index (χ0v) is 10.4. The third-order valence-corrected chi connectivity index (χ3v) is 3.54. The first-order valence-electron chi connectivity index (χ1n) is 6.08. The maximum absolute atomic E-state index is 6.08. The lowest BCUT2D eigenvalue weighted by atomic mass is 9.94. The molecule has 0 bridgehead atoms. The molecule has 0 heterocycles. The van der Waals surface area contributed by atoms with Gasteiger partial charge in [-0.1, -0.05) is 49.1 Å². The molecule has 0 spiro atoms. The van der Waals surface area contributed by atoms with Crippen LogP contribution in [0.4, 0.5) is 5.69 Å². The van der Waals surface area contributed by atoms with Crippen LogP contribution in [0.1, 0.15) is 12.5 Å². The van der Waals surface area contributed by atoms with Crippen molar-refractivity contribution in [2.24, 2.45) is 0 Å². The molecule has 0 atom stereocenters. The first kappa shape index (κ1) is 10.8. The molecule has 0 amide bonds. The summed E-state index contributed by atoms with van der Waals surface area (Å²) in [5.41, 5.74) is 8.07. The summed E-state index contributed by atoms with van der Waals surface area (Å²) in [7, 11) is 0. The fourth-order valence-corrected chi connectivity index (χ4v) is 2.64. The van der Waals surface area contributed by atoms with E-state index in [1.165, 1.54) is 21.4 Å². The van der Waals surface area contributed by atoms with Crippen LogP contribution in [0.5, 0.6) is 0 Å². The van der Waals surface area contributed by atoms with Gasteiger partial charge in [0.25, 0.3) is 0 Å². The molecular formula is C17H15N. The summed E-state index contributed by atoms with van der Waals surface area (Å²) in [5.74, 6) is 0. The second kappa shape index (κ2) is 3.88. The molecule has 1 heteroatoms. The Kier molecular flexibility index (Phi) is 2.34. The van der Waals surface area contributed by atoms with E-state index in [0.29, 0.717) is 0 Å². The molecule has 0 radical (unpaired) electrons. The monoisotopic (exact) mass is 233 g/mol. The van der Waals surface area contributed by atoms with Crippen LogP contribution in [-0.2, 0) is 0 Å². The van der Waals surface area contributed by atoms with Gasteiger partial charge in [-0.05, 0) is 39.9 Å². The summed E-state index contributed by atoms with van der Waals surface area (Å²) in [6.45, 7) is 5.97. The van der Waals surface area contributed by atoms with Crippen LogP contribution in [0.3, 0.4) is 0 Å². The molecule has 3 rings (SSSR count). The Labute approximate surface area is 106 Å². The van der Waals surface area contributed by atoms with Gasteiger partial charge in [0.2, 0.25) is 0 Å². The van der Waals surface area contributed by atoms with Gasteiger partial charge in [0.15, 0.2) is 0 Å². The van der Waals surface area contributed by atoms with Crippen molar-refractivity contribution >= 4 is 39.4 Å². The van der Waals surface area contributed by atoms with Crippen molar-refractivity contribution in [2.45, 2.75) is 6.92 Å². The fourth-order valence-electron chi connectivity index (χ4n) is 2.64. The third kappa shape index (κ3) is 1.34. The van der Waals surface area contributed by atoms with Crippen molar-refractivity contribution in [3.63, 3.8) is 0 Å². The topological polar surface area (TPSA) is 26.0 Å². The summed E-state index contributed by atoms with van der Waals surface area (Å²) < 4.78 is 0. The Morgan fingerprint density at radius 1 is 1.00 bits per heavy atom. The Bertz CT molecular complexity index is 813. The van der Waals surface area contributed by atoms with Crippen LogP contribution >= 0.6 is 0 Å². The molecule has 0 saturated heterocycles. The number of rotatable bonds is 1. The van der Waals surface area contributed by atoms with E-state index in [0.717, 1.165) is 16.6 Å². The van der Waals surface area contributed by atoms with E-state index in [2.05, 4.69) is 49.9 Å². The standard InChI is InChI=1S/C17H15N/c1-3-11-5-6-13-8-10-15(18)14-9-7-12(4-2)16(11)17(13)14/h3-10H,2,18H2,1H3/b11-3-. The predicted molar refractivity (Wildman–Crippen MR) is 81.3 cm³/mol. The van der Waals surface area contributed by atoms with Crippen LogP contribution in [0.15, 0.2) is 43.0 Å². The highest BCUT2D eigenvalue weighted by atomic mass is 14.5. The number of nitrogens with two attached hydrogens (primary N) is 1. The minimum atomic E-state index is 0.830. The lowest BCUT2D eigenvalue weighted by Gasteiger charge is -2.11. The van der Waals surface area contributed by atoms with Crippen molar-refractivity contribution in [3.05, 3.63) is 53.8 Å². The molecule has 3 aromatic rings. The smallest absolute Gasteiger partial charge is 0.0394 e. The van der Waals surface area contributed by atoms with Gasteiger partial charge in [0.1, 0.15) is 0 Å². The Morgan fingerprint density at radius 2 is 1.78 bits per heavy atom. The van der Waals surface area contributed by atoms with Crippen molar-refractivity contribution in [1.82, 2.24) is 0 Å². The molecule has 0 fully saturated rings. The Balaban J connectivity index is 2.74. The highest BCUT2D eigenvalue weighted by Crippen LogP contribution is 2.31. The van der Waals surface area contributed by atoms with Crippen LogP contribution in [0.25, 0.3) is 33.7 Å². The normalized spacial score (nSPS) is 12.4. The molecule has 18 heavy (non-hydrogen) atoms.